The van der Waals surface area contributed by atoms with Gasteiger partial charge in [-0.25, -0.2) is 23.1 Å². The van der Waals surface area contributed by atoms with E-state index in [4.69, 9.17) is 5.73 Å². The van der Waals surface area contributed by atoms with Crippen LogP contribution in [0.15, 0.2) is 42.6 Å². The van der Waals surface area contributed by atoms with Crippen LogP contribution < -0.4 is 11.1 Å². The Morgan fingerprint density at radius 3 is 2.59 bits per heavy atom. The second kappa shape index (κ2) is 7.97. The molecule has 1 atom stereocenters. The Morgan fingerprint density at radius 2 is 1.88 bits per heavy atom. The first kappa shape index (κ1) is 21.3. The molecule has 0 fully saturated rings. The molecule has 0 aliphatic carbocycles. The lowest BCUT2D eigenvalue weighted by Crippen LogP contribution is -2.21. The van der Waals surface area contributed by atoms with Crippen molar-refractivity contribution in [1.29, 1.82) is 0 Å². The highest BCUT2D eigenvalue weighted by Gasteiger charge is 2.24. The first-order valence-corrected chi connectivity index (χ1v) is 9.52. The van der Waals surface area contributed by atoms with E-state index in [1.54, 1.807) is 24.4 Å². The third kappa shape index (κ3) is 3.65. The van der Waals surface area contributed by atoms with Crippen LogP contribution in [-0.4, -0.2) is 25.4 Å². The Bertz CT molecular complexity index is 1370. The minimum absolute atomic E-state index is 0.0294. The van der Waals surface area contributed by atoms with Crippen LogP contribution in [0.2, 0.25) is 0 Å². The van der Waals surface area contributed by atoms with Crippen LogP contribution in [0, 0.1) is 31.3 Å². The van der Waals surface area contributed by atoms with E-state index in [1.165, 1.54) is 18.2 Å². The summed E-state index contributed by atoms with van der Waals surface area (Å²) in [6.07, 6.45) is -0.101. The highest BCUT2D eigenvalue weighted by atomic mass is 19.2. The van der Waals surface area contributed by atoms with E-state index in [0.29, 0.717) is 17.0 Å². The summed E-state index contributed by atoms with van der Waals surface area (Å²) in [5, 5.41) is 12.2. The summed E-state index contributed by atoms with van der Waals surface area (Å²) in [6.45, 7) is 3.43. The Labute approximate surface area is 180 Å². The Balaban J connectivity index is 1.69. The summed E-state index contributed by atoms with van der Waals surface area (Å²) < 4.78 is 44.7. The topological polar surface area (TPSA) is 106 Å². The average Bonchev–Trinajstić information content (AvgIpc) is 3.07. The number of benzene rings is 2. The van der Waals surface area contributed by atoms with Crippen LogP contribution in [-0.2, 0) is 4.79 Å². The maximum atomic E-state index is 15.0. The fourth-order valence-electron chi connectivity index (χ4n) is 3.45. The van der Waals surface area contributed by atoms with E-state index in [2.05, 4.69) is 15.3 Å². The zero-order valence-corrected chi connectivity index (χ0v) is 17.0. The number of anilines is 2. The molecule has 0 aliphatic rings. The number of nitrogens with zero attached hydrogens (tertiary/aromatic N) is 3. The van der Waals surface area contributed by atoms with Crippen LogP contribution in [0.5, 0.6) is 0 Å². The molecular weight excluding hydrogens is 423 g/mol. The lowest BCUT2D eigenvalue weighted by molar-refractivity contribution is -0.124. The molecule has 4 aromatic rings. The predicted octanol–water partition coefficient (Wildman–Crippen LogP) is 3.68. The number of aliphatic hydroxyl groups excluding tert-OH is 1. The maximum absolute atomic E-state index is 15.0. The highest BCUT2D eigenvalue weighted by Crippen LogP contribution is 2.33. The van der Waals surface area contributed by atoms with Crippen molar-refractivity contribution in [3.05, 3.63) is 77.1 Å². The van der Waals surface area contributed by atoms with Crippen LogP contribution in [0.1, 0.15) is 23.2 Å². The van der Waals surface area contributed by atoms with Crippen molar-refractivity contribution in [2.75, 3.05) is 11.1 Å². The van der Waals surface area contributed by atoms with Crippen molar-refractivity contribution in [2.24, 2.45) is 0 Å². The van der Waals surface area contributed by atoms with Gasteiger partial charge in [0.25, 0.3) is 5.91 Å². The van der Waals surface area contributed by atoms with Gasteiger partial charge in [0.2, 0.25) is 0 Å². The highest BCUT2D eigenvalue weighted by molar-refractivity contribution is 5.95. The number of halogens is 3. The minimum atomic E-state index is -1.78. The molecule has 0 aliphatic heterocycles. The number of rotatable bonds is 4. The summed E-state index contributed by atoms with van der Waals surface area (Å²) in [4.78, 5) is 20.7. The molecule has 0 spiro atoms. The monoisotopic (exact) mass is 441 g/mol. The lowest BCUT2D eigenvalue weighted by atomic mass is 10.1. The third-order valence-corrected chi connectivity index (χ3v) is 4.95. The number of aryl methyl sites for hydroxylation is 2. The number of aromatic nitrogens is 3. The molecule has 7 nitrogen and oxygen atoms in total. The number of nitrogen functional groups attached to an aromatic ring is 1. The number of hydrogen-bond donors (Lipinski definition) is 3. The lowest BCUT2D eigenvalue weighted by Gasteiger charge is -2.13. The van der Waals surface area contributed by atoms with Crippen molar-refractivity contribution in [3.8, 4) is 11.3 Å². The standard InChI is InChI=1S/C22H18F3N5O2/c1-10-9-30-11(2)28-18(19(30)21(26)27-10)14-6-7-15(17(25)16(14)24)29-22(32)20(31)12-4-3-5-13(23)8-12/h3-9,20,31H,1-2H3,(H2,26,27)(H,29,32)/t20-/m0/s1. The molecule has 4 N–H and O–H groups in total. The van der Waals surface area contributed by atoms with Gasteiger partial charge in [0.15, 0.2) is 17.7 Å². The van der Waals surface area contributed by atoms with Gasteiger partial charge >= 0.3 is 0 Å². The van der Waals surface area contributed by atoms with Gasteiger partial charge in [0, 0.05) is 11.8 Å². The molecule has 0 radical (unpaired) electrons. The molecule has 0 saturated heterocycles. The Hall–Kier alpha value is -3.92. The summed E-state index contributed by atoms with van der Waals surface area (Å²) in [7, 11) is 0. The molecule has 0 bridgehead atoms. The van der Waals surface area contributed by atoms with Gasteiger partial charge in [-0.2, -0.15) is 0 Å². The number of nitrogens with one attached hydrogen (secondary N) is 1. The molecule has 2 heterocycles. The Kier molecular flexibility index (Phi) is 5.31. The van der Waals surface area contributed by atoms with Gasteiger partial charge in [0.1, 0.15) is 28.7 Å². The average molecular weight is 441 g/mol. The quantitative estimate of drug-likeness (QED) is 0.448. The predicted molar refractivity (Wildman–Crippen MR) is 112 cm³/mol. The molecule has 164 valence electrons. The molecule has 1 amide bonds. The summed E-state index contributed by atoms with van der Waals surface area (Å²) in [5.41, 5.74) is 6.35. The Morgan fingerprint density at radius 1 is 1.12 bits per heavy atom. The number of fused-ring (bicyclic) bond motifs is 1. The van der Waals surface area contributed by atoms with Crippen molar-refractivity contribution in [2.45, 2.75) is 20.0 Å². The smallest absolute Gasteiger partial charge is 0.257 e. The second-order valence-corrected chi connectivity index (χ2v) is 7.23. The fraction of sp³-hybridized carbons (Fsp3) is 0.136. The SMILES string of the molecule is Cc1cn2c(C)nc(-c3ccc(NC(=O)[C@@H](O)c4cccc(F)c4)c(F)c3F)c2c(N)n1. The summed E-state index contributed by atoms with van der Waals surface area (Å²) in [5.74, 6) is -3.70. The normalized spacial score (nSPS) is 12.2. The first-order chi connectivity index (χ1) is 15.2. The van der Waals surface area contributed by atoms with E-state index in [1.807, 2.05) is 0 Å². The van der Waals surface area contributed by atoms with Crippen molar-refractivity contribution >= 4 is 22.9 Å². The van der Waals surface area contributed by atoms with Gasteiger partial charge in [-0.1, -0.05) is 12.1 Å². The van der Waals surface area contributed by atoms with Crippen molar-refractivity contribution < 1.29 is 23.1 Å². The minimum Gasteiger partial charge on any atom is -0.382 e. The largest absolute Gasteiger partial charge is 0.382 e. The van der Waals surface area contributed by atoms with Gasteiger partial charge in [0.05, 0.1) is 11.4 Å². The molecular formula is C22H18F3N5O2. The number of aliphatic hydroxyl groups is 1. The van der Waals surface area contributed by atoms with E-state index in [9.17, 15) is 23.1 Å². The molecule has 0 unspecified atom stereocenters. The number of nitrogens with two attached hydrogens (primary N) is 1. The van der Waals surface area contributed by atoms with Crippen molar-refractivity contribution in [1.82, 2.24) is 14.4 Å². The number of amides is 1. The second-order valence-electron chi connectivity index (χ2n) is 7.23. The van der Waals surface area contributed by atoms with Crippen LogP contribution in [0.3, 0.4) is 0 Å². The summed E-state index contributed by atoms with van der Waals surface area (Å²) in [6, 6.07) is 7.14. The number of imidazole rings is 1. The van der Waals surface area contributed by atoms with E-state index < -0.39 is 35.2 Å². The zero-order chi connectivity index (χ0) is 23.2. The maximum Gasteiger partial charge on any atom is 0.257 e. The zero-order valence-electron chi connectivity index (χ0n) is 17.0. The van der Waals surface area contributed by atoms with Gasteiger partial charge in [-0.3, -0.25) is 9.20 Å². The van der Waals surface area contributed by atoms with Crippen molar-refractivity contribution in [3.63, 3.8) is 0 Å². The molecule has 32 heavy (non-hydrogen) atoms. The van der Waals surface area contributed by atoms with Gasteiger partial charge < -0.3 is 16.2 Å². The van der Waals surface area contributed by atoms with Crippen LogP contribution >= 0.6 is 0 Å². The fourth-order valence-corrected chi connectivity index (χ4v) is 3.45. The van der Waals surface area contributed by atoms with Gasteiger partial charge in [-0.05, 0) is 43.7 Å². The molecule has 0 saturated carbocycles. The van der Waals surface area contributed by atoms with E-state index >= 15 is 0 Å². The number of carbonyl (C=O) groups is 1. The third-order valence-electron chi connectivity index (χ3n) is 4.95. The molecule has 4 rings (SSSR count). The van der Waals surface area contributed by atoms with Crippen LogP contribution in [0.4, 0.5) is 24.7 Å². The van der Waals surface area contributed by atoms with E-state index in [0.717, 1.165) is 18.2 Å². The first-order valence-electron chi connectivity index (χ1n) is 9.52. The van der Waals surface area contributed by atoms with Crippen LogP contribution in [0.25, 0.3) is 16.8 Å². The van der Waals surface area contributed by atoms with Gasteiger partial charge in [-0.15, -0.1) is 0 Å². The molecule has 10 heteroatoms. The number of carbonyl (C=O) groups excluding carboxylic acids is 1. The van der Waals surface area contributed by atoms with E-state index in [-0.39, 0.29) is 22.6 Å². The number of hydrogen-bond acceptors (Lipinski definition) is 5. The molecule has 2 aromatic heterocycles. The molecule has 2 aromatic carbocycles. The summed E-state index contributed by atoms with van der Waals surface area (Å²) >= 11 is 0.